The Kier molecular flexibility index (Phi) is 5.15. The van der Waals surface area contributed by atoms with Crippen LogP contribution in [0.1, 0.15) is 6.42 Å². The fourth-order valence-electron chi connectivity index (χ4n) is 1.77. The fraction of sp³-hybridized carbons (Fsp3) is 0.286. The first-order chi connectivity index (χ1) is 9.25. The third-order valence-electron chi connectivity index (χ3n) is 2.81. The molecular formula is C14H17BrN4. The van der Waals surface area contributed by atoms with Crippen LogP contribution in [0.25, 0.3) is 0 Å². The van der Waals surface area contributed by atoms with Gasteiger partial charge in [-0.15, -0.1) is 0 Å². The molecule has 100 valence electrons. The third kappa shape index (κ3) is 4.52. The lowest BCUT2D eigenvalue weighted by atomic mass is 10.3. The van der Waals surface area contributed by atoms with E-state index >= 15 is 0 Å². The van der Waals surface area contributed by atoms with Gasteiger partial charge in [0.1, 0.15) is 16.7 Å². The highest BCUT2D eigenvalue weighted by Crippen LogP contribution is 2.12. The average molecular weight is 321 g/mol. The number of benzene rings is 1. The maximum Gasteiger partial charge on any atom is 0.130 e. The van der Waals surface area contributed by atoms with E-state index in [1.807, 2.05) is 12.1 Å². The Balaban J connectivity index is 1.72. The van der Waals surface area contributed by atoms with Gasteiger partial charge in [-0.2, -0.15) is 0 Å². The molecule has 0 fully saturated rings. The number of hydrogen-bond acceptors (Lipinski definition) is 4. The van der Waals surface area contributed by atoms with E-state index < -0.39 is 0 Å². The van der Waals surface area contributed by atoms with Crippen LogP contribution in [0.4, 0.5) is 11.5 Å². The van der Waals surface area contributed by atoms with E-state index in [4.69, 9.17) is 0 Å². The van der Waals surface area contributed by atoms with Crippen molar-refractivity contribution in [3.63, 3.8) is 0 Å². The lowest BCUT2D eigenvalue weighted by Crippen LogP contribution is -2.20. The summed E-state index contributed by atoms with van der Waals surface area (Å²) in [7, 11) is 2.11. The van der Waals surface area contributed by atoms with E-state index in [0.717, 1.165) is 29.9 Å². The molecule has 0 saturated carbocycles. The first kappa shape index (κ1) is 13.8. The minimum absolute atomic E-state index is 0.798. The predicted molar refractivity (Wildman–Crippen MR) is 82.6 cm³/mol. The SMILES string of the molecule is CN(CCCNc1cc(Br)ncn1)c1ccccc1. The van der Waals surface area contributed by atoms with Gasteiger partial charge in [0.2, 0.25) is 0 Å². The monoisotopic (exact) mass is 320 g/mol. The van der Waals surface area contributed by atoms with E-state index in [0.29, 0.717) is 0 Å². The Labute approximate surface area is 122 Å². The van der Waals surface area contributed by atoms with E-state index in [2.05, 4.69) is 67.4 Å². The van der Waals surface area contributed by atoms with Crippen molar-refractivity contribution in [2.75, 3.05) is 30.4 Å². The number of rotatable bonds is 6. The number of halogens is 1. The molecule has 2 aromatic rings. The highest BCUT2D eigenvalue weighted by atomic mass is 79.9. The van der Waals surface area contributed by atoms with Crippen molar-refractivity contribution in [2.24, 2.45) is 0 Å². The molecule has 5 heteroatoms. The van der Waals surface area contributed by atoms with Crippen molar-refractivity contribution in [2.45, 2.75) is 6.42 Å². The second-order valence-corrected chi connectivity index (χ2v) is 5.08. The normalized spacial score (nSPS) is 10.2. The third-order valence-corrected chi connectivity index (χ3v) is 3.24. The van der Waals surface area contributed by atoms with Crippen LogP contribution in [0.2, 0.25) is 0 Å². The molecule has 4 nitrogen and oxygen atoms in total. The van der Waals surface area contributed by atoms with E-state index in [9.17, 15) is 0 Å². The van der Waals surface area contributed by atoms with Crippen LogP contribution in [0.3, 0.4) is 0 Å². The maximum atomic E-state index is 4.15. The summed E-state index contributed by atoms with van der Waals surface area (Å²) in [5.41, 5.74) is 1.24. The topological polar surface area (TPSA) is 41.0 Å². The summed E-state index contributed by atoms with van der Waals surface area (Å²) >= 11 is 3.33. The molecule has 0 aliphatic carbocycles. The van der Waals surface area contributed by atoms with Crippen LogP contribution in [-0.2, 0) is 0 Å². The fourth-order valence-corrected chi connectivity index (χ4v) is 2.08. The molecule has 1 N–H and O–H groups in total. The molecule has 0 amide bonds. The predicted octanol–water partition coefficient (Wildman–Crippen LogP) is 3.18. The van der Waals surface area contributed by atoms with Crippen molar-refractivity contribution in [1.29, 1.82) is 0 Å². The van der Waals surface area contributed by atoms with Crippen LogP contribution in [-0.4, -0.2) is 30.1 Å². The van der Waals surface area contributed by atoms with E-state index in [-0.39, 0.29) is 0 Å². The zero-order chi connectivity index (χ0) is 13.5. The summed E-state index contributed by atoms with van der Waals surface area (Å²) in [6, 6.07) is 12.3. The minimum atomic E-state index is 0.798. The first-order valence-corrected chi connectivity index (χ1v) is 7.02. The number of nitrogens with zero attached hydrogens (tertiary/aromatic N) is 3. The molecule has 0 radical (unpaired) electrons. The Morgan fingerprint density at radius 1 is 1.21 bits per heavy atom. The molecule has 1 heterocycles. The number of hydrogen-bond donors (Lipinski definition) is 1. The first-order valence-electron chi connectivity index (χ1n) is 6.23. The van der Waals surface area contributed by atoms with Gasteiger partial charge in [-0.1, -0.05) is 18.2 Å². The maximum absolute atomic E-state index is 4.15. The summed E-state index contributed by atoms with van der Waals surface area (Å²) in [6.07, 6.45) is 2.59. The summed E-state index contributed by atoms with van der Waals surface area (Å²) < 4.78 is 0.798. The summed E-state index contributed by atoms with van der Waals surface area (Å²) in [5, 5.41) is 3.28. The van der Waals surface area contributed by atoms with Crippen molar-refractivity contribution < 1.29 is 0 Å². The van der Waals surface area contributed by atoms with E-state index in [1.54, 1.807) is 6.33 Å². The Hall–Kier alpha value is -1.62. The van der Waals surface area contributed by atoms with E-state index in [1.165, 1.54) is 5.69 Å². The number of anilines is 2. The van der Waals surface area contributed by atoms with Crippen LogP contribution in [0, 0.1) is 0 Å². The quantitative estimate of drug-likeness (QED) is 0.655. The molecule has 0 aliphatic rings. The zero-order valence-corrected chi connectivity index (χ0v) is 12.5. The van der Waals surface area contributed by atoms with Gasteiger partial charge >= 0.3 is 0 Å². The second-order valence-electron chi connectivity index (χ2n) is 4.26. The molecule has 0 saturated heterocycles. The molecule has 2 rings (SSSR count). The molecule has 1 aromatic carbocycles. The van der Waals surface area contributed by atoms with Crippen molar-refractivity contribution >= 4 is 27.4 Å². The smallest absolute Gasteiger partial charge is 0.130 e. The molecule has 1 aromatic heterocycles. The zero-order valence-electron chi connectivity index (χ0n) is 10.9. The summed E-state index contributed by atoms with van der Waals surface area (Å²) in [5.74, 6) is 0.851. The van der Waals surface area contributed by atoms with Crippen LogP contribution >= 0.6 is 15.9 Å². The van der Waals surface area contributed by atoms with Crippen molar-refractivity contribution in [3.05, 3.63) is 47.3 Å². The van der Waals surface area contributed by atoms with Gasteiger partial charge in [-0.25, -0.2) is 9.97 Å². The molecule has 0 bridgehead atoms. The van der Waals surface area contributed by atoms with Crippen molar-refractivity contribution in [1.82, 2.24) is 9.97 Å². The Morgan fingerprint density at radius 2 is 2.00 bits per heavy atom. The molecule has 0 atom stereocenters. The van der Waals surface area contributed by atoms with Gasteiger partial charge in [-0.05, 0) is 34.5 Å². The average Bonchev–Trinajstić information content (AvgIpc) is 2.44. The Bertz CT molecular complexity index is 504. The van der Waals surface area contributed by atoms with Gasteiger partial charge in [0, 0.05) is 31.9 Å². The molecule has 19 heavy (non-hydrogen) atoms. The van der Waals surface area contributed by atoms with Crippen LogP contribution in [0.15, 0.2) is 47.3 Å². The number of para-hydroxylation sites is 1. The van der Waals surface area contributed by atoms with Crippen molar-refractivity contribution in [3.8, 4) is 0 Å². The Morgan fingerprint density at radius 3 is 2.74 bits per heavy atom. The van der Waals surface area contributed by atoms with Gasteiger partial charge in [0.05, 0.1) is 0 Å². The minimum Gasteiger partial charge on any atom is -0.375 e. The highest BCUT2D eigenvalue weighted by molar-refractivity contribution is 9.10. The molecular weight excluding hydrogens is 304 g/mol. The summed E-state index contributed by atoms with van der Waals surface area (Å²) in [4.78, 5) is 10.4. The van der Waals surface area contributed by atoms with Gasteiger partial charge in [0.15, 0.2) is 0 Å². The number of nitrogens with one attached hydrogen (secondary N) is 1. The van der Waals surface area contributed by atoms with Gasteiger partial charge < -0.3 is 10.2 Å². The lowest BCUT2D eigenvalue weighted by molar-refractivity contribution is 0.813. The molecule has 0 spiro atoms. The van der Waals surface area contributed by atoms with Crippen LogP contribution < -0.4 is 10.2 Å². The lowest BCUT2D eigenvalue weighted by Gasteiger charge is -2.19. The number of aromatic nitrogens is 2. The van der Waals surface area contributed by atoms with Gasteiger partial charge in [0.25, 0.3) is 0 Å². The second kappa shape index (κ2) is 7.09. The van der Waals surface area contributed by atoms with Crippen LogP contribution in [0.5, 0.6) is 0 Å². The molecule has 0 unspecified atom stereocenters. The highest BCUT2D eigenvalue weighted by Gasteiger charge is 2.00. The largest absolute Gasteiger partial charge is 0.375 e. The van der Waals surface area contributed by atoms with Gasteiger partial charge in [-0.3, -0.25) is 0 Å². The standard InChI is InChI=1S/C14H17BrN4/c1-19(12-6-3-2-4-7-12)9-5-8-16-14-10-13(15)17-11-18-14/h2-4,6-7,10-11H,5,8-9H2,1H3,(H,16,17,18). The summed E-state index contributed by atoms with van der Waals surface area (Å²) in [6.45, 7) is 1.89. The molecule has 0 aliphatic heterocycles.